The Morgan fingerprint density at radius 1 is 0.500 bits per heavy atom. The van der Waals surface area contributed by atoms with Crippen LogP contribution in [-0.2, 0) is 52.7 Å². The molecule has 0 aliphatic heterocycles. The molecule has 0 aliphatic rings. The van der Waals surface area contributed by atoms with E-state index in [2.05, 4.69) is 0 Å². The first-order chi connectivity index (χ1) is 5.29. The van der Waals surface area contributed by atoms with Gasteiger partial charge in [-0.2, -0.15) is 0 Å². The zero-order chi connectivity index (χ0) is 10.3. The quantitative estimate of drug-likeness (QED) is 0.398. The first kappa shape index (κ1) is 23.1. The fourth-order valence-electron chi connectivity index (χ4n) is 0. The van der Waals surface area contributed by atoms with Gasteiger partial charge in [-0.1, -0.05) is 0 Å². The Morgan fingerprint density at radius 3 is 0.571 bits per heavy atom. The van der Waals surface area contributed by atoms with Crippen molar-refractivity contribution in [3.63, 3.8) is 0 Å². The van der Waals surface area contributed by atoms with Gasteiger partial charge in [-0.05, 0) is 0 Å². The van der Waals surface area contributed by atoms with E-state index in [1.807, 2.05) is 0 Å². The van der Waals surface area contributed by atoms with Gasteiger partial charge in [-0.15, -0.1) is 0 Å². The summed E-state index contributed by atoms with van der Waals surface area (Å²) in [4.78, 5) is 35.7. The molecule has 0 heterocycles. The maximum atomic E-state index is 8.93. The summed E-state index contributed by atoms with van der Waals surface area (Å²) < 4.78 is 0. The second-order valence-electron chi connectivity index (χ2n) is 1.15. The summed E-state index contributed by atoms with van der Waals surface area (Å²) in [6.07, 6.45) is 0. The van der Waals surface area contributed by atoms with Crippen LogP contribution >= 0.6 is 0 Å². The van der Waals surface area contributed by atoms with E-state index in [0.29, 0.717) is 0 Å². The van der Waals surface area contributed by atoms with Crippen LogP contribution in [0, 0.1) is 0 Å². The zero-order valence-corrected chi connectivity index (χ0v) is 8.01. The van der Waals surface area contributed by atoms with Crippen molar-refractivity contribution in [3.8, 4) is 0 Å². The molecule has 2 radical (unpaired) electrons. The van der Waals surface area contributed by atoms with Crippen molar-refractivity contribution >= 4 is 23.9 Å². The molecule has 0 aromatic carbocycles. The molecule has 0 atom stereocenters. The van der Waals surface area contributed by atoms with Gasteiger partial charge in [-0.25, -0.2) is 0 Å². The van der Waals surface area contributed by atoms with Crippen LogP contribution in [0.25, 0.3) is 0 Å². The van der Waals surface area contributed by atoms with Gasteiger partial charge in [0.05, 0.1) is 23.9 Å². The maximum absolute atomic E-state index is 8.93. The topological polar surface area (TPSA) is 161 Å². The van der Waals surface area contributed by atoms with Crippen molar-refractivity contribution in [1.29, 1.82) is 0 Å². The first-order valence-corrected chi connectivity index (χ1v) is 2.13. The van der Waals surface area contributed by atoms with Crippen molar-refractivity contribution in [2.24, 2.45) is 0 Å². The summed E-state index contributed by atoms with van der Waals surface area (Å²) in [5.41, 5.74) is 0. The minimum absolute atomic E-state index is 0. The molecule has 82 valence electrons. The average Bonchev–Trinajstić information content (AvgIpc) is 1.88. The normalized spacial score (nSPS) is 6.29. The summed E-state index contributed by atoms with van der Waals surface area (Å²) >= 11 is 0. The average molecular weight is 294 g/mol. The SMILES string of the molecule is O=C([O-])C(=O)[O-].O=C([O-])C(=O)[O-].[Co+2].[Co+2]. The van der Waals surface area contributed by atoms with Crippen molar-refractivity contribution in [1.82, 2.24) is 0 Å². The predicted molar refractivity (Wildman–Crippen MR) is 20.0 cm³/mol. The Hall–Kier alpha value is -1.11. The van der Waals surface area contributed by atoms with Gasteiger partial charge >= 0.3 is 33.6 Å². The molecule has 14 heavy (non-hydrogen) atoms. The summed E-state index contributed by atoms with van der Waals surface area (Å²) in [6, 6.07) is 0. The monoisotopic (exact) mass is 294 g/mol. The standard InChI is InChI=1S/2C2H2O4.2Co/c2*3-1(4)2(5)6;;/h2*(H,3,4)(H,5,6);;/q;;2*+2/p-4. The molecule has 0 amide bonds. The largest absolute Gasteiger partial charge is 2.00 e. The van der Waals surface area contributed by atoms with Crippen LogP contribution in [0.3, 0.4) is 0 Å². The van der Waals surface area contributed by atoms with Crippen LogP contribution in [0.15, 0.2) is 0 Å². The van der Waals surface area contributed by atoms with Gasteiger partial charge in [-0.3, -0.25) is 0 Å². The van der Waals surface area contributed by atoms with Crippen LogP contribution < -0.4 is 20.4 Å². The van der Waals surface area contributed by atoms with Crippen molar-refractivity contribution in [3.05, 3.63) is 0 Å². The summed E-state index contributed by atoms with van der Waals surface area (Å²) in [7, 11) is 0. The number of aliphatic carboxylic acids is 4. The van der Waals surface area contributed by atoms with Gasteiger partial charge in [0, 0.05) is 0 Å². The Bertz CT molecular complexity index is 175. The van der Waals surface area contributed by atoms with Crippen LogP contribution in [-0.4, -0.2) is 23.9 Å². The number of rotatable bonds is 0. The minimum atomic E-state index is -2.19. The molecule has 0 fully saturated rings. The summed E-state index contributed by atoms with van der Waals surface area (Å²) in [5, 5.41) is 35.7. The molecular formula is C4Co2O8. The minimum Gasteiger partial charge on any atom is -0.543 e. The number of carboxylic acid groups (broad SMARTS) is 4. The third-order valence-corrected chi connectivity index (χ3v) is 0.333. The van der Waals surface area contributed by atoms with Crippen LogP contribution in [0.5, 0.6) is 0 Å². The molecule has 0 spiro atoms. The van der Waals surface area contributed by atoms with E-state index in [4.69, 9.17) is 39.6 Å². The van der Waals surface area contributed by atoms with E-state index < -0.39 is 23.9 Å². The Morgan fingerprint density at radius 2 is 0.571 bits per heavy atom. The number of carboxylic acids is 4. The van der Waals surface area contributed by atoms with Crippen LogP contribution in [0.4, 0.5) is 0 Å². The number of carbonyl (C=O) groups is 4. The van der Waals surface area contributed by atoms with Crippen LogP contribution in [0.2, 0.25) is 0 Å². The fraction of sp³-hybridized carbons (Fsp3) is 0. The molecule has 0 rings (SSSR count). The number of carbonyl (C=O) groups excluding carboxylic acids is 4. The molecule has 8 nitrogen and oxygen atoms in total. The van der Waals surface area contributed by atoms with E-state index in [-0.39, 0.29) is 33.6 Å². The summed E-state index contributed by atoms with van der Waals surface area (Å²) in [5.74, 6) is -8.74. The van der Waals surface area contributed by atoms with Crippen molar-refractivity contribution in [2.75, 3.05) is 0 Å². The smallest absolute Gasteiger partial charge is 0.543 e. The molecule has 0 aliphatic carbocycles. The van der Waals surface area contributed by atoms with Crippen molar-refractivity contribution < 1.29 is 73.2 Å². The van der Waals surface area contributed by atoms with E-state index in [0.717, 1.165) is 0 Å². The van der Waals surface area contributed by atoms with Gasteiger partial charge in [0.2, 0.25) is 0 Å². The Kier molecular flexibility index (Phi) is 19.6. The molecule has 0 saturated carbocycles. The van der Waals surface area contributed by atoms with Gasteiger partial charge < -0.3 is 39.6 Å². The van der Waals surface area contributed by atoms with E-state index in [1.54, 1.807) is 0 Å². The molecule has 0 N–H and O–H groups in total. The maximum Gasteiger partial charge on any atom is 2.00 e. The molecule has 0 saturated heterocycles. The van der Waals surface area contributed by atoms with E-state index in [9.17, 15) is 0 Å². The molecule has 0 aromatic rings. The molecular weight excluding hydrogens is 294 g/mol. The third kappa shape index (κ3) is 22.4. The predicted octanol–water partition coefficient (Wildman–Crippen LogP) is -7.03. The van der Waals surface area contributed by atoms with Crippen LogP contribution in [0.1, 0.15) is 0 Å². The van der Waals surface area contributed by atoms with E-state index in [1.165, 1.54) is 0 Å². The molecule has 0 bridgehead atoms. The number of hydrogen-bond acceptors (Lipinski definition) is 8. The Labute approximate surface area is 97.3 Å². The summed E-state index contributed by atoms with van der Waals surface area (Å²) in [6.45, 7) is 0. The van der Waals surface area contributed by atoms with E-state index >= 15 is 0 Å². The molecule has 10 heteroatoms. The fourth-order valence-corrected chi connectivity index (χ4v) is 0. The first-order valence-electron chi connectivity index (χ1n) is 2.13. The van der Waals surface area contributed by atoms with Gasteiger partial charge in [0.25, 0.3) is 0 Å². The Balaban J connectivity index is -0.0000000625. The van der Waals surface area contributed by atoms with Crippen molar-refractivity contribution in [2.45, 2.75) is 0 Å². The third-order valence-electron chi connectivity index (χ3n) is 0.333. The second-order valence-corrected chi connectivity index (χ2v) is 1.15. The van der Waals surface area contributed by atoms with Gasteiger partial charge in [0.15, 0.2) is 0 Å². The molecule has 0 unspecified atom stereocenters. The number of hydrogen-bond donors (Lipinski definition) is 0. The zero-order valence-electron chi connectivity index (χ0n) is 5.93. The second kappa shape index (κ2) is 11.9. The van der Waals surface area contributed by atoms with Gasteiger partial charge in [0.1, 0.15) is 0 Å². The molecule has 0 aromatic heterocycles.